The first-order chi connectivity index (χ1) is 16.7. The molecule has 0 unspecified atom stereocenters. The van der Waals surface area contributed by atoms with Crippen LogP contribution in [-0.4, -0.2) is 66.2 Å². The van der Waals surface area contributed by atoms with Gasteiger partial charge in [0.15, 0.2) is 0 Å². The van der Waals surface area contributed by atoms with Crippen LogP contribution in [0.2, 0.25) is 0 Å². The summed E-state index contributed by atoms with van der Waals surface area (Å²) in [4.78, 5) is 41.0. The average Bonchev–Trinajstić information content (AvgIpc) is 3.67. The molecule has 1 aromatic carbocycles. The van der Waals surface area contributed by atoms with Crippen LogP contribution in [0.1, 0.15) is 50.5 Å². The monoisotopic (exact) mass is 554 g/mol. The standard InChI is InChI=1S/C25H33BrF2N4O3/c26-20-3-4-21(30-24(35)18-1-2-18)19(14-20)16-31-9-11-32(12-10-31)23(34)15-29-22(33)13-17-5-7-25(27,28)8-6-17/h3-4,14,17-18H,1-2,5-13,15-16H2,(H,29,33)(H,30,35). The molecule has 3 aliphatic rings. The Morgan fingerprint density at radius 3 is 2.37 bits per heavy atom. The molecule has 0 bridgehead atoms. The zero-order valence-electron chi connectivity index (χ0n) is 19.8. The summed E-state index contributed by atoms with van der Waals surface area (Å²) in [5.74, 6) is -2.81. The number of hydrogen-bond donors (Lipinski definition) is 2. The van der Waals surface area contributed by atoms with Gasteiger partial charge in [-0.2, -0.15) is 0 Å². The highest BCUT2D eigenvalue weighted by Gasteiger charge is 2.35. The molecule has 4 rings (SSSR count). The van der Waals surface area contributed by atoms with Gasteiger partial charge in [-0.1, -0.05) is 15.9 Å². The second kappa shape index (κ2) is 11.3. The Balaban J connectivity index is 1.19. The van der Waals surface area contributed by atoms with E-state index in [9.17, 15) is 23.2 Å². The summed E-state index contributed by atoms with van der Waals surface area (Å²) >= 11 is 3.51. The number of carbonyl (C=O) groups excluding carboxylic acids is 3. The van der Waals surface area contributed by atoms with Gasteiger partial charge < -0.3 is 15.5 Å². The van der Waals surface area contributed by atoms with E-state index in [1.54, 1.807) is 4.90 Å². The molecule has 0 radical (unpaired) electrons. The first-order valence-corrected chi connectivity index (χ1v) is 13.2. The first-order valence-electron chi connectivity index (χ1n) is 12.4. The van der Waals surface area contributed by atoms with E-state index in [2.05, 4.69) is 31.5 Å². The molecule has 2 aliphatic carbocycles. The zero-order chi connectivity index (χ0) is 25.0. The molecule has 0 aromatic heterocycles. The number of nitrogens with one attached hydrogen (secondary N) is 2. The van der Waals surface area contributed by atoms with Gasteiger partial charge in [0.2, 0.25) is 23.6 Å². The number of piperazine rings is 1. The quantitative estimate of drug-likeness (QED) is 0.512. The Morgan fingerprint density at radius 2 is 1.71 bits per heavy atom. The van der Waals surface area contributed by atoms with Crippen molar-refractivity contribution in [2.24, 2.45) is 11.8 Å². The van der Waals surface area contributed by atoms with Crippen molar-refractivity contribution in [3.8, 4) is 0 Å². The maximum atomic E-state index is 13.3. The van der Waals surface area contributed by atoms with Crippen LogP contribution < -0.4 is 10.6 Å². The van der Waals surface area contributed by atoms with Gasteiger partial charge in [0, 0.05) is 68.1 Å². The second-order valence-corrected chi connectivity index (χ2v) is 10.9. The minimum atomic E-state index is -2.60. The predicted molar refractivity (Wildman–Crippen MR) is 132 cm³/mol. The van der Waals surface area contributed by atoms with Gasteiger partial charge in [0.25, 0.3) is 0 Å². The molecule has 1 heterocycles. The number of amides is 3. The van der Waals surface area contributed by atoms with Gasteiger partial charge in [-0.15, -0.1) is 0 Å². The number of carbonyl (C=O) groups is 3. The number of rotatable bonds is 8. The lowest BCUT2D eigenvalue weighted by molar-refractivity contribution is -0.134. The SMILES string of the molecule is O=C(CC1CCC(F)(F)CC1)NCC(=O)N1CCN(Cc2cc(Br)ccc2NC(=O)C2CC2)CC1. The number of hydrogen-bond acceptors (Lipinski definition) is 4. The molecule has 0 spiro atoms. The molecule has 3 fully saturated rings. The van der Waals surface area contributed by atoms with Crippen LogP contribution >= 0.6 is 15.9 Å². The van der Waals surface area contributed by atoms with Gasteiger partial charge in [-0.3, -0.25) is 19.3 Å². The number of nitrogens with zero attached hydrogens (tertiary/aromatic N) is 2. The van der Waals surface area contributed by atoms with Crippen LogP contribution in [0.5, 0.6) is 0 Å². The van der Waals surface area contributed by atoms with Crippen molar-refractivity contribution in [2.75, 3.05) is 38.0 Å². The third-order valence-corrected chi connectivity index (χ3v) is 7.63. The Kier molecular flexibility index (Phi) is 8.42. The van der Waals surface area contributed by atoms with Crippen molar-refractivity contribution >= 4 is 39.3 Å². The van der Waals surface area contributed by atoms with Crippen molar-refractivity contribution in [3.05, 3.63) is 28.2 Å². The van der Waals surface area contributed by atoms with Crippen molar-refractivity contribution in [1.82, 2.24) is 15.1 Å². The summed E-state index contributed by atoms with van der Waals surface area (Å²) in [6.45, 7) is 3.11. The Labute approximate surface area is 213 Å². The lowest BCUT2D eigenvalue weighted by Crippen LogP contribution is -2.51. The predicted octanol–water partition coefficient (Wildman–Crippen LogP) is 3.77. The van der Waals surface area contributed by atoms with Crippen molar-refractivity contribution in [2.45, 2.75) is 57.4 Å². The van der Waals surface area contributed by atoms with Gasteiger partial charge >= 0.3 is 0 Å². The molecular formula is C25H33BrF2N4O3. The van der Waals surface area contributed by atoms with E-state index in [1.165, 1.54) is 0 Å². The molecule has 1 saturated heterocycles. The highest BCUT2D eigenvalue weighted by Crippen LogP contribution is 2.37. The molecule has 192 valence electrons. The maximum Gasteiger partial charge on any atom is 0.248 e. The smallest absolute Gasteiger partial charge is 0.248 e. The van der Waals surface area contributed by atoms with Crippen LogP contribution in [0.3, 0.4) is 0 Å². The van der Waals surface area contributed by atoms with Crippen LogP contribution in [0.15, 0.2) is 22.7 Å². The van der Waals surface area contributed by atoms with E-state index < -0.39 is 5.92 Å². The third kappa shape index (κ3) is 7.70. The fourth-order valence-corrected chi connectivity index (χ4v) is 5.12. The summed E-state index contributed by atoms with van der Waals surface area (Å²) in [7, 11) is 0. The second-order valence-electron chi connectivity index (χ2n) is 10.0. The van der Waals surface area contributed by atoms with Gasteiger partial charge in [0.1, 0.15) is 0 Å². The molecule has 35 heavy (non-hydrogen) atoms. The number of anilines is 1. The molecule has 1 aliphatic heterocycles. The van der Waals surface area contributed by atoms with Gasteiger partial charge in [-0.25, -0.2) is 8.78 Å². The largest absolute Gasteiger partial charge is 0.347 e. The summed E-state index contributed by atoms with van der Waals surface area (Å²) in [6.07, 6.45) is 2.47. The first kappa shape index (κ1) is 26.0. The van der Waals surface area contributed by atoms with Crippen LogP contribution in [0.4, 0.5) is 14.5 Å². The van der Waals surface area contributed by atoms with Crippen molar-refractivity contribution < 1.29 is 23.2 Å². The average molecular weight is 555 g/mol. The van der Waals surface area contributed by atoms with Crippen LogP contribution in [0, 0.1) is 11.8 Å². The minimum absolute atomic E-state index is 0.0368. The molecule has 7 nitrogen and oxygen atoms in total. The summed E-state index contributed by atoms with van der Waals surface area (Å²) in [5.41, 5.74) is 1.86. The molecule has 10 heteroatoms. The fraction of sp³-hybridized carbons (Fsp3) is 0.640. The van der Waals surface area contributed by atoms with E-state index in [4.69, 9.17) is 0 Å². The van der Waals surface area contributed by atoms with Crippen LogP contribution in [0.25, 0.3) is 0 Å². The molecule has 2 saturated carbocycles. The molecule has 2 N–H and O–H groups in total. The van der Waals surface area contributed by atoms with Crippen molar-refractivity contribution in [3.63, 3.8) is 0 Å². The summed E-state index contributed by atoms with van der Waals surface area (Å²) < 4.78 is 27.5. The number of halogens is 3. The highest BCUT2D eigenvalue weighted by atomic mass is 79.9. The number of benzene rings is 1. The highest BCUT2D eigenvalue weighted by molar-refractivity contribution is 9.10. The summed E-state index contributed by atoms with van der Waals surface area (Å²) in [5, 5.41) is 5.72. The maximum absolute atomic E-state index is 13.3. The Morgan fingerprint density at radius 1 is 1.03 bits per heavy atom. The van der Waals surface area contributed by atoms with E-state index in [0.717, 1.165) is 28.6 Å². The third-order valence-electron chi connectivity index (χ3n) is 7.14. The lowest BCUT2D eigenvalue weighted by Gasteiger charge is -2.35. The number of alkyl halides is 2. The van der Waals surface area contributed by atoms with E-state index in [-0.39, 0.29) is 55.4 Å². The van der Waals surface area contributed by atoms with Crippen molar-refractivity contribution in [1.29, 1.82) is 0 Å². The fourth-order valence-electron chi connectivity index (χ4n) is 4.72. The normalized spacial score (nSPS) is 20.9. The van der Waals surface area contributed by atoms with E-state index in [0.29, 0.717) is 45.6 Å². The molecule has 1 aromatic rings. The van der Waals surface area contributed by atoms with Gasteiger partial charge in [0.05, 0.1) is 6.54 Å². The molecule has 0 atom stereocenters. The Bertz CT molecular complexity index is 939. The van der Waals surface area contributed by atoms with E-state index >= 15 is 0 Å². The molecule has 3 amide bonds. The molecular weight excluding hydrogens is 522 g/mol. The minimum Gasteiger partial charge on any atom is -0.347 e. The lowest BCUT2D eigenvalue weighted by atomic mass is 9.84. The zero-order valence-corrected chi connectivity index (χ0v) is 21.4. The van der Waals surface area contributed by atoms with Crippen LogP contribution in [-0.2, 0) is 20.9 Å². The van der Waals surface area contributed by atoms with E-state index in [1.807, 2.05) is 18.2 Å². The van der Waals surface area contributed by atoms with Gasteiger partial charge in [-0.05, 0) is 55.4 Å². The topological polar surface area (TPSA) is 81.8 Å². The summed E-state index contributed by atoms with van der Waals surface area (Å²) in [6, 6.07) is 5.85. The Hall–Kier alpha value is -2.07.